The molecule has 2 fully saturated rings. The van der Waals surface area contributed by atoms with Crippen molar-refractivity contribution in [3.05, 3.63) is 0 Å². The molecule has 60 valence electrons. The molecule has 3 atom stereocenters. The van der Waals surface area contributed by atoms with Crippen molar-refractivity contribution in [2.75, 3.05) is 0 Å². The SMILES string of the molecule is C[C@]12C(=O)CC[C@@H]1[C@@H]2C(=O)O. The van der Waals surface area contributed by atoms with E-state index in [1.807, 2.05) is 0 Å². The highest BCUT2D eigenvalue weighted by Gasteiger charge is 2.71. The minimum Gasteiger partial charge on any atom is -0.481 e. The summed E-state index contributed by atoms with van der Waals surface area (Å²) in [7, 11) is 0. The van der Waals surface area contributed by atoms with Gasteiger partial charge in [0, 0.05) is 11.8 Å². The molecule has 2 aliphatic carbocycles. The molecule has 0 saturated heterocycles. The van der Waals surface area contributed by atoms with Gasteiger partial charge >= 0.3 is 5.97 Å². The molecule has 0 bridgehead atoms. The minimum absolute atomic E-state index is 0.146. The number of carbonyl (C=O) groups is 2. The molecular weight excluding hydrogens is 144 g/mol. The monoisotopic (exact) mass is 154 g/mol. The Hall–Kier alpha value is -0.860. The van der Waals surface area contributed by atoms with Gasteiger partial charge in [0.25, 0.3) is 0 Å². The summed E-state index contributed by atoms with van der Waals surface area (Å²) in [6, 6.07) is 0. The minimum atomic E-state index is -0.800. The Morgan fingerprint density at radius 1 is 1.73 bits per heavy atom. The first-order valence-electron chi connectivity index (χ1n) is 3.84. The highest BCUT2D eigenvalue weighted by Crippen LogP contribution is 2.66. The van der Waals surface area contributed by atoms with Crippen LogP contribution in [-0.2, 0) is 9.59 Å². The molecule has 2 aliphatic rings. The van der Waals surface area contributed by atoms with Crippen LogP contribution in [0.2, 0.25) is 0 Å². The van der Waals surface area contributed by atoms with Crippen LogP contribution in [0.25, 0.3) is 0 Å². The summed E-state index contributed by atoms with van der Waals surface area (Å²) >= 11 is 0. The number of Topliss-reactive ketones (excluding diaryl/α,β-unsaturated/α-hetero) is 1. The van der Waals surface area contributed by atoms with Gasteiger partial charge in [-0.2, -0.15) is 0 Å². The van der Waals surface area contributed by atoms with Crippen LogP contribution in [0.1, 0.15) is 19.8 Å². The van der Waals surface area contributed by atoms with Gasteiger partial charge < -0.3 is 5.11 Å². The predicted molar refractivity (Wildman–Crippen MR) is 37.0 cm³/mol. The number of carboxylic acid groups (broad SMARTS) is 1. The van der Waals surface area contributed by atoms with E-state index in [2.05, 4.69) is 0 Å². The molecule has 0 aromatic carbocycles. The summed E-state index contributed by atoms with van der Waals surface area (Å²) in [5, 5.41) is 8.69. The Balaban J connectivity index is 2.26. The third-order valence-electron chi connectivity index (χ3n) is 3.26. The van der Waals surface area contributed by atoms with Gasteiger partial charge in [0.05, 0.1) is 5.92 Å². The Morgan fingerprint density at radius 2 is 2.36 bits per heavy atom. The fourth-order valence-corrected chi connectivity index (χ4v) is 2.43. The highest BCUT2D eigenvalue weighted by molar-refractivity contribution is 5.97. The van der Waals surface area contributed by atoms with Gasteiger partial charge in [0.2, 0.25) is 0 Å². The molecule has 0 aromatic heterocycles. The normalized spacial score (nSPS) is 47.2. The number of hydrogen-bond acceptors (Lipinski definition) is 2. The van der Waals surface area contributed by atoms with Crippen LogP contribution in [0.4, 0.5) is 0 Å². The Labute approximate surface area is 64.4 Å². The Bertz CT molecular complexity index is 246. The van der Waals surface area contributed by atoms with E-state index in [-0.39, 0.29) is 17.6 Å². The summed E-state index contributed by atoms with van der Waals surface area (Å²) in [6.45, 7) is 1.78. The first kappa shape index (κ1) is 6.83. The summed E-state index contributed by atoms with van der Waals surface area (Å²) in [4.78, 5) is 21.8. The zero-order valence-electron chi connectivity index (χ0n) is 6.33. The van der Waals surface area contributed by atoms with E-state index in [1.165, 1.54) is 0 Å². The van der Waals surface area contributed by atoms with Crippen molar-refractivity contribution >= 4 is 11.8 Å². The summed E-state index contributed by atoms with van der Waals surface area (Å²) in [5.74, 6) is -0.878. The number of carboxylic acids is 1. The second-order valence-corrected chi connectivity index (χ2v) is 3.67. The molecule has 0 amide bonds. The Morgan fingerprint density at radius 3 is 2.64 bits per heavy atom. The van der Waals surface area contributed by atoms with Crippen LogP contribution in [0, 0.1) is 17.3 Å². The molecule has 0 radical (unpaired) electrons. The summed E-state index contributed by atoms with van der Waals surface area (Å²) in [5.41, 5.74) is -0.480. The van der Waals surface area contributed by atoms with E-state index in [4.69, 9.17) is 5.11 Å². The number of hydrogen-bond donors (Lipinski definition) is 1. The summed E-state index contributed by atoms with van der Waals surface area (Å²) < 4.78 is 0. The van der Waals surface area contributed by atoms with Crippen LogP contribution in [0.15, 0.2) is 0 Å². The van der Waals surface area contributed by atoms with E-state index >= 15 is 0 Å². The molecule has 0 aliphatic heterocycles. The maximum absolute atomic E-state index is 11.2. The highest BCUT2D eigenvalue weighted by atomic mass is 16.4. The lowest BCUT2D eigenvalue weighted by atomic mass is 10.0. The predicted octanol–water partition coefficient (Wildman–Crippen LogP) is 0.686. The lowest BCUT2D eigenvalue weighted by Crippen LogP contribution is -2.16. The van der Waals surface area contributed by atoms with Gasteiger partial charge in [-0.15, -0.1) is 0 Å². The van der Waals surface area contributed by atoms with Gasteiger partial charge in [-0.1, -0.05) is 6.92 Å². The van der Waals surface area contributed by atoms with E-state index in [1.54, 1.807) is 6.92 Å². The lowest BCUT2D eigenvalue weighted by molar-refractivity contribution is -0.141. The smallest absolute Gasteiger partial charge is 0.307 e. The fraction of sp³-hybridized carbons (Fsp3) is 0.750. The first-order valence-corrected chi connectivity index (χ1v) is 3.84. The standard InChI is InChI=1S/C8H10O3/c1-8-4(2-3-5(8)9)6(8)7(10)11/h4,6H,2-3H2,1H3,(H,10,11)/t4-,6-,8-/m1/s1. The zero-order chi connectivity index (χ0) is 8.22. The molecule has 0 heterocycles. The molecule has 3 nitrogen and oxygen atoms in total. The van der Waals surface area contributed by atoms with E-state index in [0.717, 1.165) is 6.42 Å². The number of rotatable bonds is 1. The van der Waals surface area contributed by atoms with E-state index in [9.17, 15) is 9.59 Å². The third kappa shape index (κ3) is 0.588. The van der Waals surface area contributed by atoms with Crippen LogP contribution in [0.5, 0.6) is 0 Å². The van der Waals surface area contributed by atoms with Gasteiger partial charge in [-0.05, 0) is 12.3 Å². The topological polar surface area (TPSA) is 54.4 Å². The molecule has 0 aromatic rings. The van der Waals surface area contributed by atoms with Crippen molar-refractivity contribution in [1.82, 2.24) is 0 Å². The maximum atomic E-state index is 11.2. The molecule has 2 rings (SSSR count). The third-order valence-corrected chi connectivity index (χ3v) is 3.26. The van der Waals surface area contributed by atoms with Gasteiger partial charge in [0.15, 0.2) is 0 Å². The van der Waals surface area contributed by atoms with Crippen LogP contribution in [0.3, 0.4) is 0 Å². The van der Waals surface area contributed by atoms with Crippen LogP contribution >= 0.6 is 0 Å². The summed E-state index contributed by atoms with van der Waals surface area (Å²) in [6.07, 6.45) is 1.37. The number of fused-ring (bicyclic) bond motifs is 1. The molecule has 0 unspecified atom stereocenters. The average molecular weight is 154 g/mol. The molecule has 11 heavy (non-hydrogen) atoms. The van der Waals surface area contributed by atoms with E-state index < -0.39 is 11.4 Å². The van der Waals surface area contributed by atoms with Crippen molar-refractivity contribution in [2.24, 2.45) is 17.3 Å². The first-order chi connectivity index (χ1) is 5.08. The molecule has 1 N–H and O–H groups in total. The molecule has 3 heteroatoms. The molecule has 2 saturated carbocycles. The van der Waals surface area contributed by atoms with E-state index in [0.29, 0.717) is 6.42 Å². The quantitative estimate of drug-likeness (QED) is 0.604. The second-order valence-electron chi connectivity index (χ2n) is 3.67. The number of carbonyl (C=O) groups excluding carboxylic acids is 1. The number of aliphatic carboxylic acids is 1. The van der Waals surface area contributed by atoms with Crippen molar-refractivity contribution in [2.45, 2.75) is 19.8 Å². The largest absolute Gasteiger partial charge is 0.481 e. The number of ketones is 1. The second kappa shape index (κ2) is 1.65. The zero-order valence-corrected chi connectivity index (χ0v) is 6.33. The van der Waals surface area contributed by atoms with Crippen molar-refractivity contribution < 1.29 is 14.7 Å². The van der Waals surface area contributed by atoms with Gasteiger partial charge in [-0.3, -0.25) is 9.59 Å². The average Bonchev–Trinajstić information content (AvgIpc) is 2.43. The van der Waals surface area contributed by atoms with Crippen molar-refractivity contribution in [3.8, 4) is 0 Å². The van der Waals surface area contributed by atoms with Crippen molar-refractivity contribution in [3.63, 3.8) is 0 Å². The van der Waals surface area contributed by atoms with Crippen LogP contribution < -0.4 is 0 Å². The van der Waals surface area contributed by atoms with Gasteiger partial charge in [0.1, 0.15) is 5.78 Å². The lowest BCUT2D eigenvalue weighted by Gasteiger charge is -2.02. The van der Waals surface area contributed by atoms with Gasteiger partial charge in [-0.25, -0.2) is 0 Å². The van der Waals surface area contributed by atoms with Crippen LogP contribution in [-0.4, -0.2) is 16.9 Å². The fourth-order valence-electron chi connectivity index (χ4n) is 2.43. The molecule has 0 spiro atoms. The molecular formula is C8H10O3. The van der Waals surface area contributed by atoms with Crippen molar-refractivity contribution in [1.29, 1.82) is 0 Å². The maximum Gasteiger partial charge on any atom is 0.307 e. The Kier molecular flexibility index (Phi) is 1.03.